The summed E-state index contributed by atoms with van der Waals surface area (Å²) in [7, 11) is 0. The Balaban J connectivity index is 2.99. The molecule has 74 valence electrons. The molecular weight excluding hydrogens is 190 g/mol. The van der Waals surface area contributed by atoms with E-state index in [9.17, 15) is 0 Å². The highest BCUT2D eigenvalue weighted by Crippen LogP contribution is 2.23. The van der Waals surface area contributed by atoms with Crippen LogP contribution >= 0.6 is 11.6 Å². The summed E-state index contributed by atoms with van der Waals surface area (Å²) in [6.07, 6.45) is 1.60. The van der Waals surface area contributed by atoms with Crippen LogP contribution in [0.3, 0.4) is 0 Å². The Morgan fingerprint density at radius 3 is 2.69 bits per heavy atom. The topological polar surface area (TPSA) is 64.1 Å². The third-order valence-electron chi connectivity index (χ3n) is 1.85. The Labute approximate surface area is 82.3 Å². The predicted octanol–water partition coefficient (Wildman–Crippen LogP) is 1.11. The minimum atomic E-state index is -0.444. The standard InChI is InChI=1S/C8H14ClN3O/c1-5(2)12-8(9)6(3-11-12)7(10)4-13/h3,5,7,13H,4,10H2,1-2H3. The molecule has 0 aromatic carbocycles. The van der Waals surface area contributed by atoms with Gasteiger partial charge in [-0.05, 0) is 13.8 Å². The van der Waals surface area contributed by atoms with E-state index >= 15 is 0 Å². The molecule has 0 saturated heterocycles. The van der Waals surface area contributed by atoms with Crippen LogP contribution in [0, 0.1) is 0 Å². The average molecular weight is 204 g/mol. The number of nitrogens with zero attached hydrogens (tertiary/aromatic N) is 2. The monoisotopic (exact) mass is 203 g/mol. The molecule has 4 nitrogen and oxygen atoms in total. The Hall–Kier alpha value is -0.580. The van der Waals surface area contributed by atoms with E-state index < -0.39 is 6.04 Å². The number of rotatable bonds is 3. The van der Waals surface area contributed by atoms with E-state index in [2.05, 4.69) is 5.10 Å². The van der Waals surface area contributed by atoms with Crippen LogP contribution in [0.2, 0.25) is 5.15 Å². The Bertz CT molecular complexity index is 285. The van der Waals surface area contributed by atoms with Crippen molar-refractivity contribution in [2.24, 2.45) is 5.73 Å². The van der Waals surface area contributed by atoms with Gasteiger partial charge in [-0.1, -0.05) is 11.6 Å². The van der Waals surface area contributed by atoms with Gasteiger partial charge in [-0.2, -0.15) is 5.10 Å². The van der Waals surface area contributed by atoms with Crippen LogP contribution in [0.4, 0.5) is 0 Å². The summed E-state index contributed by atoms with van der Waals surface area (Å²) < 4.78 is 1.67. The van der Waals surface area contributed by atoms with E-state index in [1.165, 1.54) is 0 Å². The molecule has 1 aromatic heterocycles. The van der Waals surface area contributed by atoms with Crippen molar-refractivity contribution in [2.45, 2.75) is 25.9 Å². The lowest BCUT2D eigenvalue weighted by Crippen LogP contribution is -2.14. The van der Waals surface area contributed by atoms with Crippen LogP contribution < -0.4 is 5.73 Å². The molecule has 1 atom stereocenters. The fraction of sp³-hybridized carbons (Fsp3) is 0.625. The number of aromatic nitrogens is 2. The van der Waals surface area contributed by atoms with Gasteiger partial charge in [0.1, 0.15) is 5.15 Å². The molecule has 0 spiro atoms. The SMILES string of the molecule is CC(C)n1ncc(C(N)CO)c1Cl. The van der Waals surface area contributed by atoms with Crippen molar-refractivity contribution in [2.75, 3.05) is 6.61 Å². The van der Waals surface area contributed by atoms with Crippen molar-refractivity contribution in [1.82, 2.24) is 9.78 Å². The highest BCUT2D eigenvalue weighted by Gasteiger charge is 2.15. The van der Waals surface area contributed by atoms with Gasteiger partial charge >= 0.3 is 0 Å². The number of aliphatic hydroxyl groups is 1. The molecule has 0 radical (unpaired) electrons. The van der Waals surface area contributed by atoms with Gasteiger partial charge in [-0.15, -0.1) is 0 Å². The first-order valence-corrected chi connectivity index (χ1v) is 4.55. The van der Waals surface area contributed by atoms with Gasteiger partial charge in [-0.3, -0.25) is 4.68 Å². The van der Waals surface area contributed by atoms with E-state index in [1.54, 1.807) is 10.9 Å². The van der Waals surface area contributed by atoms with Gasteiger partial charge in [0.2, 0.25) is 0 Å². The quantitative estimate of drug-likeness (QED) is 0.774. The van der Waals surface area contributed by atoms with Crippen molar-refractivity contribution in [3.8, 4) is 0 Å². The van der Waals surface area contributed by atoms with Gasteiger partial charge in [0.25, 0.3) is 0 Å². The summed E-state index contributed by atoms with van der Waals surface area (Å²) in [4.78, 5) is 0. The molecule has 13 heavy (non-hydrogen) atoms. The van der Waals surface area contributed by atoms with E-state index in [0.29, 0.717) is 10.7 Å². The fourth-order valence-electron chi connectivity index (χ4n) is 1.07. The van der Waals surface area contributed by atoms with Gasteiger partial charge < -0.3 is 10.8 Å². The van der Waals surface area contributed by atoms with Crippen LogP contribution in [0.25, 0.3) is 0 Å². The summed E-state index contributed by atoms with van der Waals surface area (Å²) in [6.45, 7) is 3.84. The maximum Gasteiger partial charge on any atom is 0.132 e. The van der Waals surface area contributed by atoms with Crippen molar-refractivity contribution in [3.05, 3.63) is 16.9 Å². The molecule has 0 aliphatic carbocycles. The molecule has 0 aliphatic heterocycles. The average Bonchev–Trinajstić information content (AvgIpc) is 2.46. The summed E-state index contributed by atoms with van der Waals surface area (Å²) in [5.74, 6) is 0. The fourth-order valence-corrected chi connectivity index (χ4v) is 1.50. The number of hydrogen-bond donors (Lipinski definition) is 2. The van der Waals surface area contributed by atoms with E-state index in [4.69, 9.17) is 22.4 Å². The first kappa shape index (κ1) is 10.5. The minimum absolute atomic E-state index is 0.122. The first-order chi connectivity index (χ1) is 6.07. The van der Waals surface area contributed by atoms with Gasteiger partial charge in [0, 0.05) is 11.6 Å². The van der Waals surface area contributed by atoms with Crippen LogP contribution in [0.1, 0.15) is 31.5 Å². The lowest BCUT2D eigenvalue weighted by Gasteiger charge is -2.09. The van der Waals surface area contributed by atoms with Crippen molar-refractivity contribution in [3.63, 3.8) is 0 Å². The highest BCUT2D eigenvalue weighted by molar-refractivity contribution is 6.30. The summed E-state index contributed by atoms with van der Waals surface area (Å²) in [5, 5.41) is 13.4. The number of aliphatic hydroxyl groups excluding tert-OH is 1. The number of hydrogen-bond acceptors (Lipinski definition) is 3. The summed E-state index contributed by atoms with van der Waals surface area (Å²) in [6, 6.07) is -0.243. The van der Waals surface area contributed by atoms with Crippen molar-refractivity contribution < 1.29 is 5.11 Å². The molecule has 1 aromatic rings. The molecular formula is C8H14ClN3O. The maximum absolute atomic E-state index is 8.84. The molecule has 1 heterocycles. The van der Waals surface area contributed by atoms with Gasteiger partial charge in [0.15, 0.2) is 0 Å². The summed E-state index contributed by atoms with van der Waals surface area (Å²) in [5.41, 5.74) is 6.31. The molecule has 1 unspecified atom stereocenters. The molecule has 0 amide bonds. The molecule has 1 rings (SSSR count). The lowest BCUT2D eigenvalue weighted by molar-refractivity contribution is 0.268. The largest absolute Gasteiger partial charge is 0.394 e. The molecule has 0 saturated carbocycles. The zero-order chi connectivity index (χ0) is 10.0. The predicted molar refractivity (Wildman–Crippen MR) is 51.6 cm³/mol. The second-order valence-electron chi connectivity index (χ2n) is 3.22. The number of halogens is 1. The van der Waals surface area contributed by atoms with Crippen molar-refractivity contribution in [1.29, 1.82) is 0 Å². The highest BCUT2D eigenvalue weighted by atomic mass is 35.5. The molecule has 0 fully saturated rings. The molecule has 0 aliphatic rings. The third kappa shape index (κ3) is 2.02. The smallest absolute Gasteiger partial charge is 0.132 e. The Morgan fingerprint density at radius 1 is 1.69 bits per heavy atom. The lowest BCUT2D eigenvalue weighted by atomic mass is 10.2. The zero-order valence-corrected chi connectivity index (χ0v) is 8.49. The Kier molecular flexibility index (Phi) is 3.30. The third-order valence-corrected chi connectivity index (χ3v) is 2.24. The molecule has 5 heteroatoms. The second-order valence-corrected chi connectivity index (χ2v) is 3.58. The van der Waals surface area contributed by atoms with Crippen LogP contribution in [-0.4, -0.2) is 21.5 Å². The number of nitrogens with two attached hydrogens (primary N) is 1. The van der Waals surface area contributed by atoms with E-state index in [0.717, 1.165) is 0 Å². The normalized spacial score (nSPS) is 13.7. The minimum Gasteiger partial charge on any atom is -0.394 e. The van der Waals surface area contributed by atoms with Crippen LogP contribution in [0.15, 0.2) is 6.20 Å². The second kappa shape index (κ2) is 4.09. The van der Waals surface area contributed by atoms with Crippen LogP contribution in [-0.2, 0) is 0 Å². The first-order valence-electron chi connectivity index (χ1n) is 4.17. The van der Waals surface area contributed by atoms with E-state index in [1.807, 2.05) is 13.8 Å². The van der Waals surface area contributed by atoms with Crippen LogP contribution in [0.5, 0.6) is 0 Å². The summed E-state index contributed by atoms with van der Waals surface area (Å²) >= 11 is 6.00. The Morgan fingerprint density at radius 2 is 2.31 bits per heavy atom. The van der Waals surface area contributed by atoms with Crippen molar-refractivity contribution >= 4 is 11.6 Å². The zero-order valence-electron chi connectivity index (χ0n) is 7.74. The molecule has 0 bridgehead atoms. The van der Waals surface area contributed by atoms with E-state index in [-0.39, 0.29) is 12.6 Å². The van der Waals surface area contributed by atoms with Gasteiger partial charge in [0.05, 0.1) is 18.8 Å². The molecule has 3 N–H and O–H groups in total. The maximum atomic E-state index is 8.84. The van der Waals surface area contributed by atoms with Gasteiger partial charge in [-0.25, -0.2) is 0 Å².